The lowest BCUT2D eigenvalue weighted by atomic mass is 10.1. The number of hydrogen-bond donors (Lipinski definition) is 1. The van der Waals surface area contributed by atoms with Crippen molar-refractivity contribution in [3.05, 3.63) is 89.7 Å². The first-order chi connectivity index (χ1) is 17.1. The van der Waals surface area contributed by atoms with Gasteiger partial charge in [-0.05, 0) is 62.1 Å². The van der Waals surface area contributed by atoms with Crippen molar-refractivity contribution in [3.63, 3.8) is 0 Å². The summed E-state index contributed by atoms with van der Waals surface area (Å²) in [6, 6.07) is 23.6. The van der Waals surface area contributed by atoms with Crippen LogP contribution in [0, 0.1) is 6.92 Å². The fraction of sp³-hybridized carbons (Fsp3) is 0.310. The van der Waals surface area contributed by atoms with Crippen molar-refractivity contribution in [2.75, 3.05) is 13.7 Å². The second-order valence-corrected chi connectivity index (χ2v) is 8.71. The van der Waals surface area contributed by atoms with Crippen LogP contribution in [-0.2, 0) is 17.8 Å². The number of rotatable bonds is 11. The third-order valence-electron chi connectivity index (χ3n) is 6.16. The van der Waals surface area contributed by atoms with Crippen molar-refractivity contribution in [3.8, 4) is 11.5 Å². The molecule has 35 heavy (non-hydrogen) atoms. The van der Waals surface area contributed by atoms with Crippen LogP contribution in [0.5, 0.6) is 11.5 Å². The van der Waals surface area contributed by atoms with E-state index in [-0.39, 0.29) is 11.9 Å². The minimum Gasteiger partial charge on any atom is -0.493 e. The molecule has 0 fully saturated rings. The Balaban J connectivity index is 1.40. The number of fused-ring (bicyclic) bond motifs is 1. The van der Waals surface area contributed by atoms with E-state index >= 15 is 0 Å². The molecule has 6 heteroatoms. The molecule has 1 atom stereocenters. The molecule has 0 radical (unpaired) electrons. The van der Waals surface area contributed by atoms with E-state index in [0.717, 1.165) is 58.9 Å². The van der Waals surface area contributed by atoms with Crippen molar-refractivity contribution >= 4 is 16.9 Å². The molecule has 0 aliphatic rings. The number of nitrogens with zero attached hydrogens (tertiary/aromatic N) is 2. The third kappa shape index (κ3) is 6.01. The van der Waals surface area contributed by atoms with Crippen LogP contribution in [0.4, 0.5) is 0 Å². The number of aromatic nitrogens is 2. The highest BCUT2D eigenvalue weighted by molar-refractivity contribution is 5.80. The van der Waals surface area contributed by atoms with Crippen LogP contribution < -0.4 is 14.8 Å². The molecule has 1 amide bonds. The van der Waals surface area contributed by atoms with E-state index in [2.05, 4.69) is 16.0 Å². The highest BCUT2D eigenvalue weighted by atomic mass is 16.5. The SMILES string of the molecule is COc1ccccc1OCCCCn1c(C(C)NC(=O)Cc2ccccc2C)nc2ccccc21. The Morgan fingerprint density at radius 2 is 1.69 bits per heavy atom. The fourth-order valence-corrected chi connectivity index (χ4v) is 4.29. The van der Waals surface area contributed by atoms with E-state index in [9.17, 15) is 4.79 Å². The first-order valence-electron chi connectivity index (χ1n) is 12.1. The molecule has 0 bridgehead atoms. The van der Waals surface area contributed by atoms with Crippen molar-refractivity contribution < 1.29 is 14.3 Å². The third-order valence-corrected chi connectivity index (χ3v) is 6.16. The van der Waals surface area contributed by atoms with Crippen LogP contribution in [0.25, 0.3) is 11.0 Å². The molecule has 0 aliphatic heterocycles. The number of amides is 1. The summed E-state index contributed by atoms with van der Waals surface area (Å²) in [7, 11) is 1.65. The maximum absolute atomic E-state index is 12.8. The van der Waals surface area contributed by atoms with Crippen LogP contribution >= 0.6 is 0 Å². The van der Waals surface area contributed by atoms with Crippen LogP contribution in [0.3, 0.4) is 0 Å². The van der Waals surface area contributed by atoms with E-state index in [1.54, 1.807) is 7.11 Å². The number of imidazole rings is 1. The molecule has 182 valence electrons. The number of carbonyl (C=O) groups is 1. The standard InChI is InChI=1S/C29H33N3O3/c1-21-12-4-5-13-23(21)20-28(33)30-22(2)29-31-24-14-6-7-15-25(24)32(29)18-10-11-19-35-27-17-9-8-16-26(27)34-3/h4-9,12-17,22H,10-11,18-20H2,1-3H3,(H,30,33). The van der Waals surface area contributed by atoms with Crippen LogP contribution in [-0.4, -0.2) is 29.2 Å². The van der Waals surface area contributed by atoms with Crippen LogP contribution in [0.15, 0.2) is 72.8 Å². The Hall–Kier alpha value is -3.80. The molecular weight excluding hydrogens is 438 g/mol. The van der Waals surface area contributed by atoms with Gasteiger partial charge in [0, 0.05) is 6.54 Å². The number of nitrogens with one attached hydrogen (secondary N) is 1. The summed E-state index contributed by atoms with van der Waals surface area (Å²) in [5, 5.41) is 3.15. The van der Waals surface area contributed by atoms with Gasteiger partial charge in [0.2, 0.25) is 5.91 Å². The van der Waals surface area contributed by atoms with Gasteiger partial charge in [-0.25, -0.2) is 4.98 Å². The molecular formula is C29H33N3O3. The first kappa shape index (κ1) is 24.3. The zero-order valence-electron chi connectivity index (χ0n) is 20.7. The highest BCUT2D eigenvalue weighted by Crippen LogP contribution is 2.26. The largest absolute Gasteiger partial charge is 0.493 e. The molecule has 4 aromatic rings. The molecule has 6 nitrogen and oxygen atoms in total. The molecule has 1 heterocycles. The predicted molar refractivity (Wildman–Crippen MR) is 139 cm³/mol. The molecule has 3 aromatic carbocycles. The van der Waals surface area contributed by atoms with Gasteiger partial charge < -0.3 is 19.4 Å². The monoisotopic (exact) mass is 471 g/mol. The number of ether oxygens (including phenoxy) is 2. The topological polar surface area (TPSA) is 65.4 Å². The summed E-state index contributed by atoms with van der Waals surface area (Å²) >= 11 is 0. The van der Waals surface area contributed by atoms with Gasteiger partial charge in [0.15, 0.2) is 11.5 Å². The smallest absolute Gasteiger partial charge is 0.225 e. The first-order valence-corrected chi connectivity index (χ1v) is 12.1. The number of methoxy groups -OCH3 is 1. The van der Waals surface area contributed by atoms with Gasteiger partial charge in [0.05, 0.1) is 37.2 Å². The minimum absolute atomic E-state index is 0.00406. The number of para-hydroxylation sites is 4. The second kappa shape index (κ2) is 11.6. The van der Waals surface area contributed by atoms with Crippen molar-refractivity contribution in [1.82, 2.24) is 14.9 Å². The molecule has 4 rings (SSSR count). The maximum atomic E-state index is 12.8. The maximum Gasteiger partial charge on any atom is 0.225 e. The van der Waals surface area contributed by atoms with Crippen molar-refractivity contribution in [2.24, 2.45) is 0 Å². The summed E-state index contributed by atoms with van der Waals surface area (Å²) in [5.41, 5.74) is 4.18. The minimum atomic E-state index is -0.205. The second-order valence-electron chi connectivity index (χ2n) is 8.71. The van der Waals surface area contributed by atoms with Gasteiger partial charge in [-0.15, -0.1) is 0 Å². The van der Waals surface area contributed by atoms with E-state index < -0.39 is 0 Å². The van der Waals surface area contributed by atoms with Gasteiger partial charge in [-0.1, -0.05) is 48.5 Å². The number of benzene rings is 3. The van der Waals surface area contributed by atoms with Crippen LogP contribution in [0.2, 0.25) is 0 Å². The van der Waals surface area contributed by atoms with Crippen molar-refractivity contribution in [1.29, 1.82) is 0 Å². The van der Waals surface area contributed by atoms with Crippen molar-refractivity contribution in [2.45, 2.75) is 45.7 Å². The summed E-state index contributed by atoms with van der Waals surface area (Å²) in [6.45, 7) is 5.43. The Morgan fingerprint density at radius 1 is 0.971 bits per heavy atom. The van der Waals surface area contributed by atoms with Gasteiger partial charge in [-0.2, -0.15) is 0 Å². The number of carbonyl (C=O) groups excluding carboxylic acids is 1. The average Bonchev–Trinajstić information content (AvgIpc) is 3.24. The Morgan fingerprint density at radius 3 is 2.49 bits per heavy atom. The molecule has 0 aliphatic carbocycles. The summed E-state index contributed by atoms with van der Waals surface area (Å²) in [6.07, 6.45) is 2.17. The van der Waals surface area contributed by atoms with Gasteiger partial charge >= 0.3 is 0 Å². The Labute approximate surface area is 206 Å². The summed E-state index contributed by atoms with van der Waals surface area (Å²) in [4.78, 5) is 17.6. The quantitative estimate of drug-likeness (QED) is 0.288. The predicted octanol–water partition coefficient (Wildman–Crippen LogP) is 5.63. The number of unbranched alkanes of at least 4 members (excludes halogenated alkanes) is 1. The van der Waals surface area contributed by atoms with Gasteiger partial charge in [0.1, 0.15) is 5.82 Å². The van der Waals surface area contributed by atoms with Crippen LogP contribution in [0.1, 0.15) is 42.8 Å². The Bertz CT molecular complexity index is 1280. The van der Waals surface area contributed by atoms with E-state index in [1.165, 1.54) is 0 Å². The number of hydrogen-bond acceptors (Lipinski definition) is 4. The highest BCUT2D eigenvalue weighted by Gasteiger charge is 2.18. The summed E-state index contributed by atoms with van der Waals surface area (Å²) < 4.78 is 13.5. The van der Waals surface area contributed by atoms with Gasteiger partial charge in [0.25, 0.3) is 0 Å². The molecule has 0 saturated carbocycles. The summed E-state index contributed by atoms with van der Waals surface area (Å²) in [5.74, 6) is 2.37. The molecule has 1 aromatic heterocycles. The van der Waals surface area contributed by atoms with Gasteiger partial charge in [-0.3, -0.25) is 4.79 Å². The lowest BCUT2D eigenvalue weighted by molar-refractivity contribution is -0.121. The molecule has 1 unspecified atom stereocenters. The van der Waals surface area contributed by atoms with E-state index in [4.69, 9.17) is 14.5 Å². The zero-order valence-corrected chi connectivity index (χ0v) is 20.7. The molecule has 0 saturated heterocycles. The lowest BCUT2D eigenvalue weighted by Gasteiger charge is -2.17. The normalized spacial score (nSPS) is 11.9. The Kier molecular flexibility index (Phi) is 8.03. The lowest BCUT2D eigenvalue weighted by Crippen LogP contribution is -2.30. The zero-order chi connectivity index (χ0) is 24.6. The van der Waals surface area contributed by atoms with E-state index in [1.807, 2.05) is 80.6 Å². The van der Waals surface area contributed by atoms with E-state index in [0.29, 0.717) is 13.0 Å². The fourth-order valence-electron chi connectivity index (χ4n) is 4.29. The average molecular weight is 472 g/mol. The number of aryl methyl sites for hydroxylation is 2. The molecule has 1 N–H and O–H groups in total. The molecule has 0 spiro atoms.